The number of aryl methyl sites for hydroxylation is 6. The Balaban J connectivity index is 1.16. The van der Waals surface area contributed by atoms with Gasteiger partial charge in [-0.3, -0.25) is 4.98 Å². The van der Waals surface area contributed by atoms with Crippen LogP contribution in [0.25, 0.3) is 115 Å². The summed E-state index contributed by atoms with van der Waals surface area (Å²) < 4.78 is 90.2. The molecule has 0 spiro atoms. The third-order valence-corrected chi connectivity index (χ3v) is 14.8. The zero-order chi connectivity index (χ0) is 54.5. The Kier molecular flexibility index (Phi) is 11.8. The predicted molar refractivity (Wildman–Crippen MR) is 305 cm³/mol. The number of benzene rings is 9. The zero-order valence-electron chi connectivity index (χ0n) is 43.4. The van der Waals surface area contributed by atoms with E-state index in [9.17, 15) is 26.3 Å². The van der Waals surface area contributed by atoms with Crippen molar-refractivity contribution in [1.82, 2.24) is 14.1 Å². The van der Waals surface area contributed by atoms with Crippen LogP contribution in [0.3, 0.4) is 0 Å². The third-order valence-electron chi connectivity index (χ3n) is 14.8. The first kappa shape index (κ1) is 49.7. The first-order valence-electron chi connectivity index (χ1n) is 25.5. The Morgan fingerprint density at radius 2 is 0.641 bits per heavy atom. The van der Waals surface area contributed by atoms with Crippen molar-refractivity contribution < 1.29 is 26.3 Å². The summed E-state index contributed by atoms with van der Waals surface area (Å²) in [5.74, 6) is 0. The maximum Gasteiger partial charge on any atom is 0.416 e. The molecule has 382 valence electrons. The first-order valence-corrected chi connectivity index (χ1v) is 25.5. The van der Waals surface area contributed by atoms with E-state index in [1.54, 1.807) is 38.1 Å². The van der Waals surface area contributed by atoms with Crippen molar-refractivity contribution in [2.24, 2.45) is 0 Å². The number of halogens is 6. The average molecular weight is 1040 g/mol. The van der Waals surface area contributed by atoms with Gasteiger partial charge in [0.15, 0.2) is 5.69 Å². The van der Waals surface area contributed by atoms with Crippen LogP contribution in [0.15, 0.2) is 182 Å². The molecule has 12 rings (SSSR count). The van der Waals surface area contributed by atoms with Crippen molar-refractivity contribution in [3.05, 3.63) is 238 Å². The van der Waals surface area contributed by atoms with E-state index in [1.165, 1.54) is 12.1 Å². The van der Waals surface area contributed by atoms with E-state index < -0.39 is 23.5 Å². The zero-order valence-corrected chi connectivity index (χ0v) is 43.4. The molecule has 3 aromatic heterocycles. The van der Waals surface area contributed by atoms with Gasteiger partial charge in [0.05, 0.1) is 63.5 Å². The fourth-order valence-corrected chi connectivity index (χ4v) is 11.6. The number of rotatable bonds is 7. The number of hydrogen-bond donors (Lipinski definition) is 0. The normalized spacial score (nSPS) is 12.1. The van der Waals surface area contributed by atoms with Crippen LogP contribution < -0.4 is 0 Å². The fourth-order valence-electron chi connectivity index (χ4n) is 11.6. The summed E-state index contributed by atoms with van der Waals surface area (Å²) in [6, 6.07) is 52.7. The summed E-state index contributed by atoms with van der Waals surface area (Å²) in [6.45, 7) is 19.5. The number of hydrogen-bond acceptors (Lipinski definition) is 1. The first-order chi connectivity index (χ1) is 37.3. The fraction of sp³-hybridized carbons (Fsp3) is 0.118. The molecule has 3 heterocycles. The summed E-state index contributed by atoms with van der Waals surface area (Å²) in [7, 11) is 0. The molecular formula is C68H48F6N4. The van der Waals surface area contributed by atoms with Gasteiger partial charge in [0.1, 0.15) is 0 Å². The Morgan fingerprint density at radius 1 is 0.346 bits per heavy atom. The molecule has 0 aliphatic carbocycles. The van der Waals surface area contributed by atoms with Gasteiger partial charge in [0, 0.05) is 27.1 Å². The van der Waals surface area contributed by atoms with Gasteiger partial charge in [-0.25, -0.2) is 4.85 Å². The van der Waals surface area contributed by atoms with Crippen LogP contribution in [-0.2, 0) is 12.4 Å². The van der Waals surface area contributed by atoms with E-state index in [1.807, 2.05) is 60.9 Å². The summed E-state index contributed by atoms with van der Waals surface area (Å²) in [5, 5.41) is 3.38. The lowest BCUT2D eigenvalue weighted by molar-refractivity contribution is -0.138. The van der Waals surface area contributed by atoms with Crippen LogP contribution in [0.4, 0.5) is 32.0 Å². The standard InChI is InChI=1S/C68H48F6N4/c1-38-20-39(2)23-49(22-38)45-10-16-60-56(32-45)58-34-47(51-26-42(5)28-53(30-51)67(69,70)71)12-18-62(58)77(60)64-36-76-37-65(66(64)44-8-14-55(75-7)15-9-44)78-61-17-11-46(50-24-40(3)21-41(4)25-50)33-57(61)59-35-48(13-19-63(59)78)52-27-43(6)29-54(31-52)68(72,73)74/h8-37H,1-6H3. The van der Waals surface area contributed by atoms with Crippen LogP contribution in [0.2, 0.25) is 0 Å². The molecule has 9 aromatic carbocycles. The van der Waals surface area contributed by atoms with Crippen molar-refractivity contribution in [3.63, 3.8) is 0 Å². The minimum Gasteiger partial charge on any atom is -0.307 e. The monoisotopic (exact) mass is 1030 g/mol. The molecule has 0 saturated heterocycles. The van der Waals surface area contributed by atoms with Crippen molar-refractivity contribution in [2.45, 2.75) is 53.9 Å². The molecule has 0 bridgehead atoms. The van der Waals surface area contributed by atoms with E-state index in [-0.39, 0.29) is 0 Å². The molecule has 0 fully saturated rings. The lowest BCUT2D eigenvalue weighted by Gasteiger charge is -2.20. The third kappa shape index (κ3) is 8.85. The highest BCUT2D eigenvalue weighted by molar-refractivity contribution is 6.14. The SMILES string of the molecule is [C-]#[N+]c1ccc(-c2c(-n3c4ccc(-c5cc(C)cc(C)c5)cc4c4cc(-c5cc(C)cc(C(F)(F)F)c5)ccc43)cncc2-n2c3ccc(-c4cc(C)cc(C)c4)cc3c3cc(-c4cc(C)cc(C(F)(F)F)c4)ccc32)cc1. The van der Waals surface area contributed by atoms with Gasteiger partial charge in [-0.05, 0) is 176 Å². The van der Waals surface area contributed by atoms with Crippen LogP contribution >= 0.6 is 0 Å². The van der Waals surface area contributed by atoms with E-state index in [0.717, 1.165) is 111 Å². The molecule has 0 aliphatic heterocycles. The minimum atomic E-state index is -4.54. The molecule has 12 aromatic rings. The lowest BCUT2D eigenvalue weighted by atomic mass is 9.97. The Bertz CT molecular complexity index is 4190. The molecular weight excluding hydrogens is 987 g/mol. The molecule has 0 radical (unpaired) electrons. The Morgan fingerprint density at radius 3 is 0.949 bits per heavy atom. The van der Waals surface area contributed by atoms with Crippen LogP contribution in [0.1, 0.15) is 44.5 Å². The van der Waals surface area contributed by atoms with Gasteiger partial charge in [0.25, 0.3) is 0 Å². The van der Waals surface area contributed by atoms with E-state index in [2.05, 4.69) is 114 Å². The number of alkyl halides is 6. The van der Waals surface area contributed by atoms with Crippen LogP contribution in [0, 0.1) is 48.1 Å². The van der Waals surface area contributed by atoms with E-state index in [4.69, 9.17) is 11.6 Å². The van der Waals surface area contributed by atoms with E-state index >= 15 is 0 Å². The van der Waals surface area contributed by atoms with Gasteiger partial charge in [-0.1, -0.05) is 119 Å². The molecule has 0 N–H and O–H groups in total. The number of aromatic nitrogens is 3. The maximum absolute atomic E-state index is 14.3. The highest BCUT2D eigenvalue weighted by Crippen LogP contribution is 2.46. The largest absolute Gasteiger partial charge is 0.416 e. The highest BCUT2D eigenvalue weighted by Gasteiger charge is 2.32. The van der Waals surface area contributed by atoms with Crippen LogP contribution in [-0.4, -0.2) is 14.1 Å². The highest BCUT2D eigenvalue weighted by atomic mass is 19.4. The molecule has 0 amide bonds. The molecule has 0 saturated carbocycles. The van der Waals surface area contributed by atoms with Crippen LogP contribution in [0.5, 0.6) is 0 Å². The molecule has 4 nitrogen and oxygen atoms in total. The van der Waals surface area contributed by atoms with Gasteiger partial charge in [0.2, 0.25) is 0 Å². The van der Waals surface area contributed by atoms with Gasteiger partial charge in [-0.15, -0.1) is 0 Å². The minimum absolute atomic E-state index is 0.443. The second-order valence-electron chi connectivity index (χ2n) is 20.7. The second kappa shape index (κ2) is 18.5. The van der Waals surface area contributed by atoms with Crippen molar-refractivity contribution in [2.75, 3.05) is 0 Å². The summed E-state index contributed by atoms with van der Waals surface area (Å²) in [5.41, 5.74) is 16.8. The van der Waals surface area contributed by atoms with Crippen molar-refractivity contribution in [1.29, 1.82) is 0 Å². The number of fused-ring (bicyclic) bond motifs is 6. The van der Waals surface area contributed by atoms with Crippen molar-refractivity contribution >= 4 is 49.3 Å². The quantitative estimate of drug-likeness (QED) is 0.115. The molecule has 10 heteroatoms. The summed E-state index contributed by atoms with van der Waals surface area (Å²) in [4.78, 5) is 8.74. The number of nitrogens with zero attached hydrogens (tertiary/aromatic N) is 4. The average Bonchev–Trinajstić information content (AvgIpc) is 3.99. The molecule has 0 unspecified atom stereocenters. The predicted octanol–water partition coefficient (Wildman–Crippen LogP) is 20.0. The molecule has 0 aliphatic rings. The summed E-state index contributed by atoms with van der Waals surface area (Å²) >= 11 is 0. The summed E-state index contributed by atoms with van der Waals surface area (Å²) in [6.07, 6.45) is -5.43. The topological polar surface area (TPSA) is 27.1 Å². The molecule has 78 heavy (non-hydrogen) atoms. The Hall–Kier alpha value is -9.20. The lowest BCUT2D eigenvalue weighted by Crippen LogP contribution is -2.05. The second-order valence-corrected chi connectivity index (χ2v) is 20.7. The van der Waals surface area contributed by atoms with Gasteiger partial charge >= 0.3 is 12.4 Å². The van der Waals surface area contributed by atoms with Gasteiger partial charge < -0.3 is 9.13 Å². The maximum atomic E-state index is 14.3. The van der Waals surface area contributed by atoms with Gasteiger partial charge in [-0.2, -0.15) is 26.3 Å². The Labute approximate surface area is 446 Å². The molecule has 0 atom stereocenters. The van der Waals surface area contributed by atoms with E-state index in [0.29, 0.717) is 50.4 Å². The number of pyridine rings is 1. The van der Waals surface area contributed by atoms with Crippen molar-refractivity contribution in [3.8, 4) is 67.0 Å². The smallest absolute Gasteiger partial charge is 0.307 e.